The summed E-state index contributed by atoms with van der Waals surface area (Å²) in [7, 11) is -1.76. The normalized spacial score (nSPS) is 30.8. The Kier molecular flexibility index (Phi) is 5.92. The minimum absolute atomic E-state index is 0.0318. The van der Waals surface area contributed by atoms with Crippen molar-refractivity contribution in [1.29, 1.82) is 0 Å². The van der Waals surface area contributed by atoms with E-state index >= 15 is 0 Å². The fraction of sp³-hybridized carbons (Fsp3) is 0.833. The van der Waals surface area contributed by atoms with E-state index in [1.807, 2.05) is 0 Å². The second-order valence-corrected chi connectivity index (χ2v) is 12.9. The highest BCUT2D eigenvalue weighted by Crippen LogP contribution is 2.41. The standard InChI is InChI=1S/C18H33O3Si/c1-14-10-11-16(21-22(5,6)18(2,3)4)15(14)13-20-17-9-7-8-12-19-17/h10,15-17H,1,7-9,11-13H2,2-6H3/t15-,16-,17?/m0/s1. The molecule has 3 nitrogen and oxygen atoms in total. The third-order valence-corrected chi connectivity index (χ3v) is 9.89. The first-order valence-corrected chi connectivity index (χ1v) is 11.5. The quantitative estimate of drug-likeness (QED) is 0.686. The van der Waals surface area contributed by atoms with Gasteiger partial charge in [0.1, 0.15) is 0 Å². The predicted octanol–water partition coefficient (Wildman–Crippen LogP) is 4.70. The van der Waals surface area contributed by atoms with E-state index in [1.165, 1.54) is 12.0 Å². The lowest BCUT2D eigenvalue weighted by molar-refractivity contribution is -0.170. The summed E-state index contributed by atoms with van der Waals surface area (Å²) in [5.41, 5.74) is 1.17. The van der Waals surface area contributed by atoms with Gasteiger partial charge >= 0.3 is 0 Å². The van der Waals surface area contributed by atoms with Crippen molar-refractivity contribution in [3.05, 3.63) is 18.6 Å². The Balaban J connectivity index is 1.91. The van der Waals surface area contributed by atoms with E-state index in [0.717, 1.165) is 25.9 Å². The average molecular weight is 326 g/mol. The summed E-state index contributed by atoms with van der Waals surface area (Å²) in [6.07, 6.45) is 6.73. The largest absolute Gasteiger partial charge is 0.413 e. The molecule has 1 unspecified atom stereocenters. The average Bonchev–Trinajstić information content (AvgIpc) is 2.76. The molecule has 1 saturated carbocycles. The van der Waals surface area contributed by atoms with Crippen LogP contribution in [0.1, 0.15) is 46.5 Å². The molecule has 0 amide bonds. The van der Waals surface area contributed by atoms with Crippen molar-refractivity contribution >= 4 is 8.32 Å². The van der Waals surface area contributed by atoms with Gasteiger partial charge in [0.05, 0.1) is 12.7 Å². The van der Waals surface area contributed by atoms with Gasteiger partial charge in [-0.15, -0.1) is 0 Å². The highest BCUT2D eigenvalue weighted by atomic mass is 28.4. The van der Waals surface area contributed by atoms with Crippen molar-refractivity contribution < 1.29 is 13.9 Å². The number of hydrogen-bond acceptors (Lipinski definition) is 3. The molecule has 4 heteroatoms. The van der Waals surface area contributed by atoms with Crippen LogP contribution in [0.2, 0.25) is 18.1 Å². The number of rotatable bonds is 5. The van der Waals surface area contributed by atoms with Gasteiger partial charge in [-0.1, -0.05) is 32.9 Å². The van der Waals surface area contributed by atoms with Gasteiger partial charge in [0.25, 0.3) is 0 Å². The van der Waals surface area contributed by atoms with Crippen molar-refractivity contribution in [3.63, 3.8) is 0 Å². The Labute approximate surface area is 137 Å². The summed E-state index contributed by atoms with van der Waals surface area (Å²) in [6, 6.07) is 0. The van der Waals surface area contributed by atoms with Gasteiger partial charge in [0, 0.05) is 12.5 Å². The van der Waals surface area contributed by atoms with Gasteiger partial charge in [-0.2, -0.15) is 0 Å². The zero-order chi connectivity index (χ0) is 16.4. The maximum Gasteiger partial charge on any atom is 0.192 e. The van der Waals surface area contributed by atoms with Crippen LogP contribution in [0, 0.1) is 12.3 Å². The molecule has 1 radical (unpaired) electrons. The van der Waals surface area contributed by atoms with E-state index in [2.05, 4.69) is 46.9 Å². The maximum atomic E-state index is 6.61. The zero-order valence-corrected chi connectivity index (χ0v) is 16.0. The molecule has 0 N–H and O–H groups in total. The molecule has 1 heterocycles. The Bertz CT molecular complexity index is 380. The summed E-state index contributed by atoms with van der Waals surface area (Å²) in [4.78, 5) is 0. The fourth-order valence-electron chi connectivity index (χ4n) is 2.78. The van der Waals surface area contributed by atoms with Gasteiger partial charge in [-0.25, -0.2) is 0 Å². The molecule has 2 aliphatic rings. The summed E-state index contributed by atoms with van der Waals surface area (Å²) >= 11 is 0. The SMILES string of the molecule is C=C1[CH]C[C@H](O[Si](C)(C)C(C)(C)C)[C@H]1COC1CCCCO1. The molecule has 127 valence electrons. The molecule has 22 heavy (non-hydrogen) atoms. The molecule has 0 aromatic rings. The third-order valence-electron chi connectivity index (χ3n) is 5.39. The van der Waals surface area contributed by atoms with Crippen molar-refractivity contribution in [2.75, 3.05) is 13.2 Å². The summed E-state index contributed by atoms with van der Waals surface area (Å²) in [5.74, 6) is 0.277. The van der Waals surface area contributed by atoms with Gasteiger partial charge in [-0.3, -0.25) is 0 Å². The van der Waals surface area contributed by atoms with E-state index < -0.39 is 8.32 Å². The Morgan fingerprint density at radius 1 is 1.32 bits per heavy atom. The van der Waals surface area contributed by atoms with Crippen molar-refractivity contribution in [1.82, 2.24) is 0 Å². The van der Waals surface area contributed by atoms with Gasteiger partial charge in [0.2, 0.25) is 0 Å². The first kappa shape index (κ1) is 18.2. The summed E-state index contributed by atoms with van der Waals surface area (Å²) < 4.78 is 18.3. The molecule has 2 rings (SSSR count). The lowest BCUT2D eigenvalue weighted by Gasteiger charge is -2.40. The molecule has 0 aromatic carbocycles. The van der Waals surface area contributed by atoms with E-state index in [4.69, 9.17) is 13.9 Å². The van der Waals surface area contributed by atoms with Gasteiger partial charge in [0.15, 0.2) is 14.6 Å². The summed E-state index contributed by atoms with van der Waals surface area (Å²) in [6.45, 7) is 17.2. The van der Waals surface area contributed by atoms with Crippen LogP contribution in [0.3, 0.4) is 0 Å². The highest BCUT2D eigenvalue weighted by Gasteiger charge is 2.43. The van der Waals surface area contributed by atoms with Crippen molar-refractivity contribution in [2.24, 2.45) is 5.92 Å². The van der Waals surface area contributed by atoms with Gasteiger partial charge < -0.3 is 13.9 Å². The van der Waals surface area contributed by atoms with E-state index in [0.29, 0.717) is 6.61 Å². The van der Waals surface area contributed by atoms with E-state index in [9.17, 15) is 0 Å². The highest BCUT2D eigenvalue weighted by molar-refractivity contribution is 6.74. The molecule has 1 aliphatic carbocycles. The predicted molar refractivity (Wildman–Crippen MR) is 93.2 cm³/mol. The minimum atomic E-state index is -1.76. The number of hydrogen-bond donors (Lipinski definition) is 0. The van der Waals surface area contributed by atoms with Gasteiger partial charge in [-0.05, 0) is 50.2 Å². The number of ether oxygens (including phenoxy) is 2. The Morgan fingerprint density at radius 2 is 2.05 bits per heavy atom. The van der Waals surface area contributed by atoms with E-state index in [-0.39, 0.29) is 23.4 Å². The first-order chi connectivity index (χ1) is 10.2. The van der Waals surface area contributed by atoms with Crippen LogP contribution in [-0.2, 0) is 13.9 Å². The molecule has 3 atom stereocenters. The topological polar surface area (TPSA) is 27.7 Å². The lowest BCUT2D eigenvalue weighted by atomic mass is 10.0. The molecule has 0 aromatic heterocycles. The Hall–Kier alpha value is -0.163. The minimum Gasteiger partial charge on any atom is -0.413 e. The van der Waals surface area contributed by atoms with Crippen LogP contribution in [-0.4, -0.2) is 33.9 Å². The molecule has 0 spiro atoms. The first-order valence-electron chi connectivity index (χ1n) is 8.64. The van der Waals surface area contributed by atoms with Crippen molar-refractivity contribution in [2.45, 2.75) is 77.0 Å². The second-order valence-electron chi connectivity index (χ2n) is 8.17. The molecule has 0 bridgehead atoms. The van der Waals surface area contributed by atoms with Crippen LogP contribution in [0.25, 0.3) is 0 Å². The van der Waals surface area contributed by atoms with Crippen LogP contribution >= 0.6 is 0 Å². The second kappa shape index (κ2) is 7.16. The zero-order valence-electron chi connectivity index (χ0n) is 15.0. The fourth-order valence-corrected chi connectivity index (χ4v) is 4.15. The van der Waals surface area contributed by atoms with Crippen LogP contribution in [0.5, 0.6) is 0 Å². The van der Waals surface area contributed by atoms with Crippen molar-refractivity contribution in [3.8, 4) is 0 Å². The third kappa shape index (κ3) is 4.44. The molecular formula is C18H33O3Si. The van der Waals surface area contributed by atoms with Crippen LogP contribution < -0.4 is 0 Å². The van der Waals surface area contributed by atoms with E-state index in [1.54, 1.807) is 0 Å². The summed E-state index contributed by atoms with van der Waals surface area (Å²) in [5, 5.41) is 0.231. The van der Waals surface area contributed by atoms with Crippen LogP contribution in [0.15, 0.2) is 12.2 Å². The lowest BCUT2D eigenvalue weighted by Crippen LogP contribution is -2.45. The van der Waals surface area contributed by atoms with Crippen LogP contribution in [0.4, 0.5) is 0 Å². The monoisotopic (exact) mass is 325 g/mol. The molecule has 2 fully saturated rings. The molecule has 1 aliphatic heterocycles. The molecule has 1 saturated heterocycles. The smallest absolute Gasteiger partial charge is 0.192 e. The maximum absolute atomic E-state index is 6.61. The Morgan fingerprint density at radius 3 is 2.64 bits per heavy atom. The molecular weight excluding hydrogens is 292 g/mol.